The molecule has 0 aromatic heterocycles. The molecule has 1 N–H and O–H groups in total. The van der Waals surface area contributed by atoms with E-state index in [2.05, 4.69) is 0 Å². The summed E-state index contributed by atoms with van der Waals surface area (Å²) < 4.78 is 84.0. The Morgan fingerprint density at radius 2 is 2.20 bits per heavy atom. The van der Waals surface area contributed by atoms with Crippen molar-refractivity contribution in [3.05, 3.63) is 70.7 Å². The third kappa shape index (κ3) is 4.09. The zero-order chi connectivity index (χ0) is 26.3. The topological polar surface area (TPSA) is 49.8 Å². The summed E-state index contributed by atoms with van der Waals surface area (Å²) in [6.07, 6.45) is 1.12. The van der Waals surface area contributed by atoms with Gasteiger partial charge in [-0.2, -0.15) is 0 Å². The highest BCUT2D eigenvalue weighted by Gasteiger charge is 2.19. The molecule has 0 unspecified atom stereocenters. The van der Waals surface area contributed by atoms with Crippen LogP contribution in [0.15, 0.2) is 48.4 Å². The SMILES string of the molecule is [2H]c1c([2H])c([2H])c2c(c1[2H])COc1ccc(CC(=O)O)cc1/C2=C/CCN(C([2H])([2H])[2H])C([2H])([2H])[2H]. The third-order valence-electron chi connectivity index (χ3n) is 3.80. The quantitative estimate of drug-likeness (QED) is 0.898. The zero-order valence-electron chi connectivity index (χ0n) is 23.3. The molecule has 0 spiro atoms. The van der Waals surface area contributed by atoms with Crippen molar-refractivity contribution < 1.29 is 28.3 Å². The number of aliphatic carboxylic acids is 1. The van der Waals surface area contributed by atoms with Gasteiger partial charge in [0.2, 0.25) is 0 Å². The highest BCUT2D eigenvalue weighted by atomic mass is 16.5. The molecule has 0 aliphatic carbocycles. The Kier molecular flexibility index (Phi) is 2.61. The summed E-state index contributed by atoms with van der Waals surface area (Å²) >= 11 is 0. The second-order valence-electron chi connectivity index (χ2n) is 5.60. The fourth-order valence-corrected chi connectivity index (χ4v) is 2.71. The second kappa shape index (κ2) is 7.53. The Labute approximate surface area is 162 Å². The van der Waals surface area contributed by atoms with Gasteiger partial charge >= 0.3 is 5.97 Å². The molecular weight excluding hydrogens is 314 g/mol. The number of fused-ring (bicyclic) bond motifs is 2. The fourth-order valence-electron chi connectivity index (χ4n) is 2.71. The number of hydrogen-bond acceptors (Lipinski definition) is 3. The third-order valence-corrected chi connectivity index (χ3v) is 3.80. The number of carboxylic acids is 1. The molecule has 2 aromatic rings. The van der Waals surface area contributed by atoms with Gasteiger partial charge in [-0.05, 0) is 54.8 Å². The zero-order valence-corrected chi connectivity index (χ0v) is 13.3. The average Bonchev–Trinajstić information content (AvgIpc) is 2.88. The number of rotatable bonds is 5. The Balaban J connectivity index is 2.20. The van der Waals surface area contributed by atoms with Crippen LogP contribution in [-0.4, -0.2) is 36.5 Å². The van der Waals surface area contributed by atoms with Crippen LogP contribution in [0, 0.1) is 0 Å². The van der Waals surface area contributed by atoms with Crippen LogP contribution < -0.4 is 4.74 Å². The van der Waals surface area contributed by atoms with Gasteiger partial charge in [-0.25, -0.2) is 0 Å². The van der Waals surface area contributed by atoms with E-state index in [1.54, 1.807) is 12.1 Å². The molecule has 130 valence electrons. The van der Waals surface area contributed by atoms with Crippen LogP contribution in [0.4, 0.5) is 0 Å². The Hall–Kier alpha value is -2.59. The van der Waals surface area contributed by atoms with Crippen LogP contribution in [0.2, 0.25) is 0 Å². The first-order valence-electron chi connectivity index (χ1n) is 12.7. The van der Waals surface area contributed by atoms with Gasteiger partial charge in [0.1, 0.15) is 12.4 Å². The summed E-state index contributed by atoms with van der Waals surface area (Å²) in [6.45, 7) is -6.33. The summed E-state index contributed by atoms with van der Waals surface area (Å²) in [4.78, 5) is 11.6. The van der Waals surface area contributed by atoms with E-state index in [-0.39, 0.29) is 54.8 Å². The summed E-state index contributed by atoms with van der Waals surface area (Å²) in [5, 5.41) is 9.19. The summed E-state index contributed by atoms with van der Waals surface area (Å²) in [7, 11) is 0. The molecular formula is C21H23NO3. The molecule has 2 aromatic carbocycles. The van der Waals surface area contributed by atoms with E-state index in [1.807, 2.05) is 0 Å². The van der Waals surface area contributed by atoms with E-state index < -0.39 is 32.0 Å². The first-order chi connectivity index (χ1) is 16.1. The van der Waals surface area contributed by atoms with E-state index in [4.69, 9.17) is 18.4 Å². The van der Waals surface area contributed by atoms with Gasteiger partial charge in [-0.3, -0.25) is 4.79 Å². The Morgan fingerprint density at radius 3 is 3.00 bits per heavy atom. The monoisotopic (exact) mass is 347 g/mol. The highest BCUT2D eigenvalue weighted by molar-refractivity contribution is 5.85. The predicted molar refractivity (Wildman–Crippen MR) is 98.8 cm³/mol. The molecule has 25 heavy (non-hydrogen) atoms. The number of ether oxygens (including phenoxy) is 1. The van der Waals surface area contributed by atoms with Crippen LogP contribution in [0.25, 0.3) is 5.57 Å². The summed E-state index contributed by atoms with van der Waals surface area (Å²) in [5.41, 5.74) is 1.38. The summed E-state index contributed by atoms with van der Waals surface area (Å²) in [6, 6.07) is 3.09. The van der Waals surface area contributed by atoms with Crippen molar-refractivity contribution in [2.45, 2.75) is 19.4 Å². The van der Waals surface area contributed by atoms with Gasteiger partial charge in [0.15, 0.2) is 0 Å². The van der Waals surface area contributed by atoms with Gasteiger partial charge in [-0.1, -0.05) is 36.3 Å². The molecule has 0 bridgehead atoms. The molecule has 1 aliphatic heterocycles. The minimum atomic E-state index is -2.88. The van der Waals surface area contributed by atoms with Crippen molar-refractivity contribution in [2.75, 3.05) is 20.5 Å². The van der Waals surface area contributed by atoms with Crippen molar-refractivity contribution >= 4 is 11.5 Å². The summed E-state index contributed by atoms with van der Waals surface area (Å²) in [5.74, 6) is -0.764. The molecule has 0 radical (unpaired) electrons. The first kappa shape index (κ1) is 8.68. The lowest BCUT2D eigenvalue weighted by atomic mass is 9.92. The number of carbonyl (C=O) groups is 1. The van der Waals surface area contributed by atoms with Gasteiger partial charge in [0.25, 0.3) is 0 Å². The number of hydrogen-bond donors (Lipinski definition) is 1. The maximum Gasteiger partial charge on any atom is 0.307 e. The molecule has 0 amide bonds. The van der Waals surface area contributed by atoms with Crippen LogP contribution in [0.3, 0.4) is 0 Å². The lowest BCUT2D eigenvalue weighted by Crippen LogP contribution is -2.12. The average molecular weight is 347 g/mol. The second-order valence-corrected chi connectivity index (χ2v) is 5.60. The molecule has 0 saturated heterocycles. The van der Waals surface area contributed by atoms with Crippen molar-refractivity contribution in [2.24, 2.45) is 0 Å². The van der Waals surface area contributed by atoms with Gasteiger partial charge in [0.05, 0.1) is 11.9 Å². The molecule has 4 heteroatoms. The van der Waals surface area contributed by atoms with Crippen molar-refractivity contribution in [1.29, 1.82) is 0 Å². The molecule has 3 rings (SSSR count). The van der Waals surface area contributed by atoms with Crippen molar-refractivity contribution in [3.63, 3.8) is 0 Å². The first-order valence-corrected chi connectivity index (χ1v) is 7.68. The number of benzene rings is 2. The van der Waals surface area contributed by atoms with Gasteiger partial charge in [-0.15, -0.1) is 0 Å². The van der Waals surface area contributed by atoms with Crippen LogP contribution in [-0.2, 0) is 17.8 Å². The van der Waals surface area contributed by atoms with E-state index in [0.29, 0.717) is 21.8 Å². The highest BCUT2D eigenvalue weighted by Crippen LogP contribution is 2.37. The standard InChI is InChI=1S/C21H23NO3/c1-22(2)11-5-8-18-17-7-4-3-6-16(17)14-25-20-10-9-15(12-19(18)20)13-21(23)24/h3-4,6-10,12H,5,11,13-14H2,1-2H3,(H,23,24)/b18-8+/i1D3,2D3,3D,4D,6D,7D. The smallest absolute Gasteiger partial charge is 0.307 e. The largest absolute Gasteiger partial charge is 0.488 e. The molecule has 1 aliphatic rings. The number of carboxylic acid groups (broad SMARTS) is 1. The molecule has 0 atom stereocenters. The Morgan fingerprint density at radius 1 is 1.36 bits per heavy atom. The molecule has 0 saturated carbocycles. The van der Waals surface area contributed by atoms with E-state index in [0.717, 1.165) is 0 Å². The van der Waals surface area contributed by atoms with Crippen molar-refractivity contribution in [1.82, 2.24) is 4.90 Å². The normalized spacial score (nSPS) is 21.4. The lowest BCUT2D eigenvalue weighted by Gasteiger charge is -2.13. The molecule has 4 nitrogen and oxygen atoms in total. The van der Waals surface area contributed by atoms with Crippen LogP contribution in [0.1, 0.15) is 42.4 Å². The fraction of sp³-hybridized carbons (Fsp3) is 0.286. The lowest BCUT2D eigenvalue weighted by molar-refractivity contribution is -0.136. The van der Waals surface area contributed by atoms with E-state index in [9.17, 15) is 9.90 Å². The maximum atomic E-state index is 11.2. The predicted octanol–water partition coefficient (Wildman–Crippen LogP) is 3.59. The minimum absolute atomic E-state index is 0.0864. The van der Waals surface area contributed by atoms with Crippen molar-refractivity contribution in [3.8, 4) is 5.75 Å². The minimum Gasteiger partial charge on any atom is -0.488 e. The molecule has 1 heterocycles. The van der Waals surface area contributed by atoms with Crippen LogP contribution in [0.5, 0.6) is 5.75 Å². The maximum absolute atomic E-state index is 11.2. The number of nitrogens with zero attached hydrogens (tertiary/aromatic N) is 1. The van der Waals surface area contributed by atoms with E-state index >= 15 is 0 Å². The van der Waals surface area contributed by atoms with Crippen LogP contribution >= 0.6 is 0 Å². The van der Waals surface area contributed by atoms with Gasteiger partial charge in [0, 0.05) is 20.3 Å². The van der Waals surface area contributed by atoms with Gasteiger partial charge < -0.3 is 14.7 Å². The molecule has 0 fully saturated rings. The van der Waals surface area contributed by atoms with E-state index in [1.165, 1.54) is 12.1 Å². The Bertz CT molecular complexity index is 1170.